The van der Waals surface area contributed by atoms with Gasteiger partial charge in [0, 0.05) is 34.5 Å². The van der Waals surface area contributed by atoms with Crippen LogP contribution in [-0.2, 0) is 0 Å². The molecule has 0 heterocycles. The molecule has 2 aromatic carbocycles. The molecule has 0 saturated carbocycles. The average molecular weight is 309 g/mol. The lowest BCUT2D eigenvalue weighted by molar-refractivity contribution is 1.08. The summed E-state index contributed by atoms with van der Waals surface area (Å²) in [5, 5.41) is 8.23. The second kappa shape index (κ2) is 6.87. The lowest BCUT2D eigenvalue weighted by atomic mass is 10.2. The zero-order valence-electron chi connectivity index (χ0n) is 11.6. The molecule has 2 rings (SSSR count). The summed E-state index contributed by atoms with van der Waals surface area (Å²) in [7, 11) is 0. The summed E-state index contributed by atoms with van der Waals surface area (Å²) < 4.78 is 0. The van der Waals surface area contributed by atoms with Crippen LogP contribution >= 0.6 is 23.2 Å². The number of benzene rings is 2. The van der Waals surface area contributed by atoms with E-state index in [1.54, 1.807) is 0 Å². The minimum Gasteiger partial charge on any atom is -0.383 e. The van der Waals surface area contributed by atoms with Crippen LogP contribution in [0.4, 0.5) is 11.4 Å². The molecule has 0 saturated heterocycles. The highest BCUT2D eigenvalue weighted by Gasteiger charge is 1.99. The van der Waals surface area contributed by atoms with Crippen LogP contribution in [-0.4, -0.2) is 13.1 Å². The van der Waals surface area contributed by atoms with Crippen molar-refractivity contribution in [3.63, 3.8) is 0 Å². The van der Waals surface area contributed by atoms with Crippen LogP contribution in [0, 0.1) is 13.8 Å². The van der Waals surface area contributed by atoms with Gasteiger partial charge in [-0.2, -0.15) is 0 Å². The largest absolute Gasteiger partial charge is 0.383 e. The van der Waals surface area contributed by atoms with Gasteiger partial charge in [0.25, 0.3) is 0 Å². The lowest BCUT2D eigenvalue weighted by Gasteiger charge is -2.10. The van der Waals surface area contributed by atoms with Crippen LogP contribution in [0.5, 0.6) is 0 Å². The molecule has 0 fully saturated rings. The summed E-state index contributed by atoms with van der Waals surface area (Å²) in [5.41, 5.74) is 4.24. The number of hydrogen-bond donors (Lipinski definition) is 2. The summed E-state index contributed by atoms with van der Waals surface area (Å²) in [5.74, 6) is 0. The standard InChI is InChI=1S/C16H18Cl2N2/c1-11-3-5-13(9-15(11)17)19-7-8-20-14-6-4-12(2)16(18)10-14/h3-6,9-10,19-20H,7-8H2,1-2H3. The lowest BCUT2D eigenvalue weighted by Crippen LogP contribution is -2.13. The fourth-order valence-corrected chi connectivity index (χ4v) is 2.18. The molecule has 106 valence electrons. The van der Waals surface area contributed by atoms with Crippen LogP contribution < -0.4 is 10.6 Å². The van der Waals surface area contributed by atoms with Crippen LogP contribution in [0.3, 0.4) is 0 Å². The maximum atomic E-state index is 6.08. The van der Waals surface area contributed by atoms with Gasteiger partial charge in [0.15, 0.2) is 0 Å². The zero-order chi connectivity index (χ0) is 14.5. The maximum absolute atomic E-state index is 6.08. The molecule has 0 aliphatic rings. The number of rotatable bonds is 5. The van der Waals surface area contributed by atoms with E-state index in [1.165, 1.54) is 0 Å². The first kappa shape index (κ1) is 15.0. The number of nitrogens with one attached hydrogen (secondary N) is 2. The van der Waals surface area contributed by atoms with Gasteiger partial charge in [-0.25, -0.2) is 0 Å². The summed E-state index contributed by atoms with van der Waals surface area (Å²) in [6.07, 6.45) is 0. The monoisotopic (exact) mass is 308 g/mol. The Bertz CT molecular complexity index is 544. The highest BCUT2D eigenvalue weighted by molar-refractivity contribution is 6.31. The van der Waals surface area contributed by atoms with Gasteiger partial charge < -0.3 is 10.6 Å². The van der Waals surface area contributed by atoms with Crippen LogP contribution in [0.1, 0.15) is 11.1 Å². The third kappa shape index (κ3) is 4.06. The molecule has 0 aliphatic heterocycles. The summed E-state index contributed by atoms with van der Waals surface area (Å²) in [6.45, 7) is 5.61. The molecule has 0 spiro atoms. The number of halogens is 2. The Morgan fingerprint density at radius 3 is 1.50 bits per heavy atom. The van der Waals surface area contributed by atoms with Gasteiger partial charge in [0.2, 0.25) is 0 Å². The smallest absolute Gasteiger partial charge is 0.0455 e. The van der Waals surface area contributed by atoms with Crippen molar-refractivity contribution >= 4 is 34.6 Å². The van der Waals surface area contributed by atoms with E-state index in [0.29, 0.717) is 0 Å². The SMILES string of the molecule is Cc1ccc(NCCNc2ccc(C)c(Cl)c2)cc1Cl. The minimum absolute atomic E-state index is 0.785. The Morgan fingerprint density at radius 2 is 1.15 bits per heavy atom. The Kier molecular flexibility index (Phi) is 5.16. The third-order valence-corrected chi connectivity index (χ3v) is 3.94. The van der Waals surface area contributed by atoms with Gasteiger partial charge in [-0.1, -0.05) is 35.3 Å². The highest BCUT2D eigenvalue weighted by atomic mass is 35.5. The average Bonchev–Trinajstić information content (AvgIpc) is 2.42. The van der Waals surface area contributed by atoms with Crippen molar-refractivity contribution in [3.8, 4) is 0 Å². The van der Waals surface area contributed by atoms with Gasteiger partial charge >= 0.3 is 0 Å². The molecule has 0 aromatic heterocycles. The minimum atomic E-state index is 0.785. The second-order valence-electron chi connectivity index (χ2n) is 4.78. The van der Waals surface area contributed by atoms with Crippen LogP contribution in [0.25, 0.3) is 0 Å². The van der Waals surface area contributed by atoms with Crippen molar-refractivity contribution in [2.24, 2.45) is 0 Å². The molecule has 2 N–H and O–H groups in total. The number of aryl methyl sites for hydroxylation is 2. The fraction of sp³-hybridized carbons (Fsp3) is 0.250. The van der Waals surface area contributed by atoms with E-state index in [-0.39, 0.29) is 0 Å². The first-order valence-corrected chi connectivity index (χ1v) is 7.32. The molecule has 0 unspecified atom stereocenters. The predicted octanol–water partition coefficient (Wildman–Crippen LogP) is 5.13. The first-order chi connectivity index (χ1) is 9.56. The summed E-state index contributed by atoms with van der Waals surface area (Å²) >= 11 is 12.2. The number of anilines is 2. The van der Waals surface area contributed by atoms with Crippen molar-refractivity contribution in [2.75, 3.05) is 23.7 Å². The van der Waals surface area contributed by atoms with E-state index in [4.69, 9.17) is 23.2 Å². The first-order valence-electron chi connectivity index (χ1n) is 6.56. The molecule has 0 radical (unpaired) electrons. The predicted molar refractivity (Wildman–Crippen MR) is 89.4 cm³/mol. The van der Waals surface area contributed by atoms with E-state index in [2.05, 4.69) is 10.6 Å². The van der Waals surface area contributed by atoms with Crippen LogP contribution in [0.2, 0.25) is 10.0 Å². The molecule has 2 aromatic rings. The molecule has 2 nitrogen and oxygen atoms in total. The Hall–Kier alpha value is -1.38. The molecule has 0 bridgehead atoms. The molecular weight excluding hydrogens is 291 g/mol. The van der Waals surface area contributed by atoms with E-state index < -0.39 is 0 Å². The van der Waals surface area contributed by atoms with E-state index >= 15 is 0 Å². The van der Waals surface area contributed by atoms with Gasteiger partial charge in [-0.05, 0) is 49.2 Å². The van der Waals surface area contributed by atoms with Gasteiger partial charge in [0.05, 0.1) is 0 Å². The second-order valence-corrected chi connectivity index (χ2v) is 5.60. The molecular formula is C16H18Cl2N2. The van der Waals surface area contributed by atoms with E-state index in [0.717, 1.165) is 45.6 Å². The van der Waals surface area contributed by atoms with Gasteiger partial charge in [0.1, 0.15) is 0 Å². The topological polar surface area (TPSA) is 24.1 Å². The fourth-order valence-electron chi connectivity index (χ4n) is 1.82. The van der Waals surface area contributed by atoms with Crippen molar-refractivity contribution in [1.82, 2.24) is 0 Å². The quantitative estimate of drug-likeness (QED) is 0.748. The molecule has 4 heteroatoms. The maximum Gasteiger partial charge on any atom is 0.0455 e. The normalized spacial score (nSPS) is 10.4. The Labute approximate surface area is 130 Å². The molecule has 0 amide bonds. The molecule has 0 atom stereocenters. The van der Waals surface area contributed by atoms with Gasteiger partial charge in [-0.3, -0.25) is 0 Å². The van der Waals surface area contributed by atoms with E-state index in [9.17, 15) is 0 Å². The Balaban J connectivity index is 1.81. The molecule has 20 heavy (non-hydrogen) atoms. The van der Waals surface area contributed by atoms with E-state index in [1.807, 2.05) is 50.2 Å². The number of hydrogen-bond acceptors (Lipinski definition) is 2. The van der Waals surface area contributed by atoms with Crippen molar-refractivity contribution < 1.29 is 0 Å². The highest BCUT2D eigenvalue weighted by Crippen LogP contribution is 2.21. The van der Waals surface area contributed by atoms with Gasteiger partial charge in [-0.15, -0.1) is 0 Å². The Morgan fingerprint density at radius 1 is 0.750 bits per heavy atom. The third-order valence-electron chi connectivity index (χ3n) is 3.13. The summed E-state index contributed by atoms with van der Waals surface area (Å²) in [4.78, 5) is 0. The van der Waals surface area contributed by atoms with Crippen molar-refractivity contribution in [2.45, 2.75) is 13.8 Å². The van der Waals surface area contributed by atoms with Crippen LogP contribution in [0.15, 0.2) is 36.4 Å². The molecule has 0 aliphatic carbocycles. The van der Waals surface area contributed by atoms with Crippen molar-refractivity contribution in [3.05, 3.63) is 57.6 Å². The zero-order valence-corrected chi connectivity index (χ0v) is 13.1. The van der Waals surface area contributed by atoms with Crippen molar-refractivity contribution in [1.29, 1.82) is 0 Å². The summed E-state index contributed by atoms with van der Waals surface area (Å²) in [6, 6.07) is 12.0.